The molecule has 11 heteroatoms. The third-order valence-corrected chi connectivity index (χ3v) is 6.76. The van der Waals surface area contributed by atoms with Crippen molar-refractivity contribution in [2.24, 2.45) is 5.92 Å². The number of hydrogen-bond acceptors (Lipinski definition) is 2. The zero-order chi connectivity index (χ0) is 25.5. The second kappa shape index (κ2) is 9.33. The van der Waals surface area contributed by atoms with E-state index in [-0.39, 0.29) is 21.8 Å². The molecule has 3 aromatic rings. The molecule has 182 valence electrons. The predicted octanol–water partition coefficient (Wildman–Crippen LogP) is 7.28. The minimum Gasteiger partial charge on any atom is -0.326 e. The molecule has 3 aromatic carbocycles. The molecule has 1 aliphatic rings. The Morgan fingerprint density at radius 1 is 0.886 bits per heavy atom. The Bertz CT molecular complexity index is 1300. The number of hydrogen-bond donors (Lipinski definition) is 2. The minimum absolute atomic E-state index is 0.0297. The van der Waals surface area contributed by atoms with Crippen molar-refractivity contribution < 1.29 is 27.2 Å². The van der Waals surface area contributed by atoms with Gasteiger partial charge in [-0.25, -0.2) is 4.39 Å². The summed E-state index contributed by atoms with van der Waals surface area (Å²) >= 11 is 18.6. The largest absolute Gasteiger partial charge is 0.416 e. The molecule has 1 aliphatic carbocycles. The van der Waals surface area contributed by atoms with E-state index in [2.05, 4.69) is 10.6 Å². The summed E-state index contributed by atoms with van der Waals surface area (Å²) in [5.41, 5.74) is -0.137. The maximum absolute atomic E-state index is 13.1. The fourth-order valence-electron chi connectivity index (χ4n) is 3.70. The van der Waals surface area contributed by atoms with Crippen molar-refractivity contribution in [1.82, 2.24) is 0 Å². The summed E-state index contributed by atoms with van der Waals surface area (Å²) in [5.74, 6) is -3.59. The molecule has 0 spiro atoms. The van der Waals surface area contributed by atoms with Gasteiger partial charge < -0.3 is 10.6 Å². The third kappa shape index (κ3) is 5.39. The van der Waals surface area contributed by atoms with Crippen molar-refractivity contribution in [2.75, 3.05) is 10.6 Å². The fourth-order valence-corrected chi connectivity index (χ4v) is 4.74. The molecule has 4 nitrogen and oxygen atoms in total. The summed E-state index contributed by atoms with van der Waals surface area (Å²) in [4.78, 5) is 25.5. The number of rotatable bonds is 5. The lowest BCUT2D eigenvalue weighted by Crippen LogP contribution is -2.18. The van der Waals surface area contributed by atoms with Gasteiger partial charge in [-0.15, -0.1) is 23.2 Å². The molecule has 4 rings (SSSR count). The lowest BCUT2D eigenvalue weighted by Gasteiger charge is -2.10. The molecule has 0 radical (unpaired) electrons. The number of nitrogens with one attached hydrogen (secondary N) is 2. The first-order valence-electron chi connectivity index (χ1n) is 10.1. The molecule has 2 atom stereocenters. The highest BCUT2D eigenvalue weighted by Gasteiger charge is 2.67. The number of benzene rings is 3. The SMILES string of the molecule is O=C(Nc1ccc(F)cc1)c1cc(NC(=O)[C@H]2[C@H](c3cccc(C(F)(F)F)c3)C2(Cl)Cl)ccc1Cl. The maximum Gasteiger partial charge on any atom is 0.416 e. The first-order valence-corrected chi connectivity index (χ1v) is 11.2. The van der Waals surface area contributed by atoms with Crippen LogP contribution in [0.15, 0.2) is 66.7 Å². The highest BCUT2D eigenvalue weighted by Crippen LogP contribution is 2.65. The van der Waals surface area contributed by atoms with E-state index in [1.165, 1.54) is 54.6 Å². The van der Waals surface area contributed by atoms with E-state index in [0.717, 1.165) is 12.1 Å². The number of carbonyl (C=O) groups is 2. The van der Waals surface area contributed by atoms with Gasteiger partial charge in [0.2, 0.25) is 5.91 Å². The van der Waals surface area contributed by atoms with Gasteiger partial charge in [0, 0.05) is 17.3 Å². The quantitative estimate of drug-likeness (QED) is 0.262. The van der Waals surface area contributed by atoms with Gasteiger partial charge in [-0.3, -0.25) is 9.59 Å². The van der Waals surface area contributed by atoms with E-state index in [4.69, 9.17) is 34.8 Å². The van der Waals surface area contributed by atoms with Gasteiger partial charge >= 0.3 is 6.18 Å². The molecule has 0 aliphatic heterocycles. The first-order chi connectivity index (χ1) is 16.4. The van der Waals surface area contributed by atoms with E-state index in [9.17, 15) is 27.2 Å². The highest BCUT2D eigenvalue weighted by atomic mass is 35.5. The Balaban J connectivity index is 1.50. The van der Waals surface area contributed by atoms with E-state index >= 15 is 0 Å². The topological polar surface area (TPSA) is 58.2 Å². The number of anilines is 2. The summed E-state index contributed by atoms with van der Waals surface area (Å²) in [6.07, 6.45) is -4.56. The van der Waals surface area contributed by atoms with Gasteiger partial charge in [-0.1, -0.05) is 29.8 Å². The van der Waals surface area contributed by atoms with Crippen LogP contribution in [0.1, 0.15) is 27.4 Å². The molecule has 0 bridgehead atoms. The first kappa shape index (κ1) is 25.3. The molecule has 0 unspecified atom stereocenters. The number of carbonyl (C=O) groups excluding carboxylic acids is 2. The second-order valence-electron chi connectivity index (χ2n) is 7.90. The monoisotopic (exact) mass is 544 g/mol. The van der Waals surface area contributed by atoms with Crippen molar-refractivity contribution in [3.05, 3.63) is 94.3 Å². The molecule has 1 saturated carbocycles. The van der Waals surface area contributed by atoms with E-state index in [1.807, 2.05) is 0 Å². The van der Waals surface area contributed by atoms with Crippen LogP contribution in [0.25, 0.3) is 0 Å². The van der Waals surface area contributed by atoms with Crippen LogP contribution in [-0.2, 0) is 11.0 Å². The Kier molecular flexibility index (Phi) is 6.74. The Labute approximate surface area is 212 Å². The van der Waals surface area contributed by atoms with Crippen LogP contribution in [0.4, 0.5) is 28.9 Å². The second-order valence-corrected chi connectivity index (χ2v) is 9.75. The average molecular weight is 546 g/mol. The van der Waals surface area contributed by atoms with Crippen molar-refractivity contribution in [3.63, 3.8) is 0 Å². The van der Waals surface area contributed by atoms with Gasteiger partial charge in [0.25, 0.3) is 5.91 Å². The highest BCUT2D eigenvalue weighted by molar-refractivity contribution is 6.53. The third-order valence-electron chi connectivity index (χ3n) is 5.49. The van der Waals surface area contributed by atoms with Crippen molar-refractivity contribution in [1.29, 1.82) is 0 Å². The van der Waals surface area contributed by atoms with Crippen molar-refractivity contribution >= 4 is 58.0 Å². The summed E-state index contributed by atoms with van der Waals surface area (Å²) in [7, 11) is 0. The standard InChI is InChI=1S/C24H15Cl3F4N2O2/c25-18-9-8-16(11-17(18)21(34)32-15-6-4-14(28)5-7-15)33-22(35)20-19(23(20,26)27)12-2-1-3-13(10-12)24(29,30)31/h1-11,19-20H,(H,32,34)(H,33,35)/t19-,20+/m0/s1. The lowest BCUT2D eigenvalue weighted by atomic mass is 10.1. The predicted molar refractivity (Wildman–Crippen MR) is 127 cm³/mol. The Morgan fingerprint density at radius 2 is 1.54 bits per heavy atom. The van der Waals surface area contributed by atoms with Crippen molar-refractivity contribution in [2.45, 2.75) is 16.4 Å². The number of halogens is 7. The van der Waals surface area contributed by atoms with E-state index in [1.54, 1.807) is 0 Å². The van der Waals surface area contributed by atoms with Crippen LogP contribution in [-0.4, -0.2) is 16.1 Å². The zero-order valence-electron chi connectivity index (χ0n) is 17.5. The zero-order valence-corrected chi connectivity index (χ0v) is 19.7. The molecule has 35 heavy (non-hydrogen) atoms. The van der Waals surface area contributed by atoms with Crippen LogP contribution in [0.3, 0.4) is 0 Å². The molecule has 2 N–H and O–H groups in total. The number of alkyl halides is 5. The smallest absolute Gasteiger partial charge is 0.326 e. The Hall–Kier alpha value is -2.81. The molecule has 1 fully saturated rings. The molecule has 2 amide bonds. The van der Waals surface area contributed by atoms with Gasteiger partial charge in [0.05, 0.1) is 22.1 Å². The normalized spacial score (nSPS) is 18.6. The fraction of sp³-hybridized carbons (Fsp3) is 0.167. The number of amides is 2. The molecular formula is C24H15Cl3F4N2O2. The van der Waals surface area contributed by atoms with Gasteiger partial charge in [-0.05, 0) is 54.1 Å². The summed E-state index contributed by atoms with van der Waals surface area (Å²) in [5, 5.41) is 5.24. The van der Waals surface area contributed by atoms with Gasteiger partial charge in [0.15, 0.2) is 0 Å². The summed E-state index contributed by atoms with van der Waals surface area (Å²) in [6, 6.07) is 13.7. The van der Waals surface area contributed by atoms with Gasteiger partial charge in [-0.2, -0.15) is 13.2 Å². The van der Waals surface area contributed by atoms with Gasteiger partial charge in [0.1, 0.15) is 10.2 Å². The molecule has 0 saturated heterocycles. The van der Waals surface area contributed by atoms with Crippen LogP contribution < -0.4 is 10.6 Å². The van der Waals surface area contributed by atoms with E-state index < -0.39 is 45.5 Å². The molecule has 0 aromatic heterocycles. The molecule has 0 heterocycles. The van der Waals surface area contributed by atoms with Crippen LogP contribution in [0.5, 0.6) is 0 Å². The molecular weight excluding hydrogens is 531 g/mol. The summed E-state index contributed by atoms with van der Waals surface area (Å²) in [6.45, 7) is 0. The summed E-state index contributed by atoms with van der Waals surface area (Å²) < 4.78 is 50.7. The maximum atomic E-state index is 13.1. The Morgan fingerprint density at radius 3 is 2.20 bits per heavy atom. The average Bonchev–Trinajstić information content (AvgIpc) is 3.38. The van der Waals surface area contributed by atoms with Crippen LogP contribution in [0.2, 0.25) is 5.02 Å². The van der Waals surface area contributed by atoms with Crippen LogP contribution in [0, 0.1) is 11.7 Å². The van der Waals surface area contributed by atoms with Crippen molar-refractivity contribution in [3.8, 4) is 0 Å². The lowest BCUT2D eigenvalue weighted by molar-refractivity contribution is -0.137. The van der Waals surface area contributed by atoms with Crippen LogP contribution >= 0.6 is 34.8 Å². The van der Waals surface area contributed by atoms with E-state index in [0.29, 0.717) is 5.69 Å². The minimum atomic E-state index is -4.56.